The summed E-state index contributed by atoms with van der Waals surface area (Å²) in [7, 11) is 3.88. The molecule has 65 heavy (non-hydrogen) atoms. The maximum Gasteiger partial charge on any atom is 0.433 e. The molecule has 1 spiro atoms. The van der Waals surface area contributed by atoms with Crippen molar-refractivity contribution in [1.82, 2.24) is 34.6 Å². The minimum Gasteiger partial charge on any atom is -0.453 e. The number of likely N-dealkylation sites (N-methyl/N-ethyl adjacent to an activating group) is 1. The lowest BCUT2D eigenvalue weighted by atomic mass is 9.79. The second-order valence-electron chi connectivity index (χ2n) is 17.4. The molecule has 346 valence electrons. The fourth-order valence-corrected chi connectivity index (χ4v) is 9.41. The van der Waals surface area contributed by atoms with Gasteiger partial charge in [0, 0.05) is 48.2 Å². The highest BCUT2D eigenvalue weighted by Crippen LogP contribution is 2.59. The monoisotopic (exact) mass is 906 g/mol. The van der Waals surface area contributed by atoms with Crippen molar-refractivity contribution in [2.75, 3.05) is 47.6 Å². The molecule has 20 heteroatoms. The van der Waals surface area contributed by atoms with E-state index in [1.807, 2.05) is 13.8 Å². The van der Waals surface area contributed by atoms with Crippen molar-refractivity contribution in [3.8, 4) is 33.6 Å². The van der Waals surface area contributed by atoms with Gasteiger partial charge in [0.2, 0.25) is 5.91 Å². The van der Waals surface area contributed by atoms with Gasteiger partial charge in [-0.3, -0.25) is 14.5 Å². The number of nitrogens with one attached hydrogen (secondary N) is 2. The van der Waals surface area contributed by atoms with E-state index in [-0.39, 0.29) is 77.5 Å². The fraction of sp³-hybridized carbons (Fsp3) is 0.489. The molecule has 2 N–H and O–H groups in total. The van der Waals surface area contributed by atoms with Crippen LogP contribution in [0, 0.1) is 11.8 Å². The van der Waals surface area contributed by atoms with Crippen LogP contribution in [0.3, 0.4) is 0 Å². The number of aromatic nitrogens is 4. The Hall–Kier alpha value is -6.15. The highest BCUT2D eigenvalue weighted by Gasteiger charge is 2.63. The second-order valence-corrected chi connectivity index (χ2v) is 17.4. The van der Waals surface area contributed by atoms with Gasteiger partial charge in [-0.2, -0.15) is 22.6 Å². The number of alkyl halides is 4. The van der Waals surface area contributed by atoms with Crippen LogP contribution >= 0.6 is 0 Å². The molecule has 0 radical (unpaired) electrons. The molecule has 4 amide bonds. The third-order valence-corrected chi connectivity index (χ3v) is 12.7. The van der Waals surface area contributed by atoms with Crippen LogP contribution in [0.2, 0.25) is 0 Å². The van der Waals surface area contributed by atoms with Gasteiger partial charge in [-0.1, -0.05) is 52.0 Å². The van der Waals surface area contributed by atoms with Crippen LogP contribution in [-0.4, -0.2) is 124 Å². The van der Waals surface area contributed by atoms with Crippen molar-refractivity contribution in [2.24, 2.45) is 16.8 Å². The van der Waals surface area contributed by atoms with Crippen molar-refractivity contribution >= 4 is 29.7 Å². The molecule has 0 bridgehead atoms. The Morgan fingerprint density at radius 3 is 1.89 bits per heavy atom. The maximum atomic E-state index is 16.3. The average Bonchev–Trinajstić information content (AvgIpc) is 4.15. The summed E-state index contributed by atoms with van der Waals surface area (Å²) < 4.78 is 86.5. The Morgan fingerprint density at radius 2 is 1.38 bits per heavy atom. The number of H-pyrrole nitrogens is 2. The van der Waals surface area contributed by atoms with Crippen LogP contribution < -0.4 is 0 Å². The largest absolute Gasteiger partial charge is 0.453 e. The number of halogens is 4. The fourth-order valence-electron chi connectivity index (χ4n) is 9.41. The zero-order chi connectivity index (χ0) is 46.7. The summed E-state index contributed by atoms with van der Waals surface area (Å²) in [5, 5.41) is 0. The van der Waals surface area contributed by atoms with E-state index in [1.165, 1.54) is 54.6 Å². The van der Waals surface area contributed by atoms with Gasteiger partial charge in [0.1, 0.15) is 23.4 Å². The zero-order valence-corrected chi connectivity index (χ0v) is 36.9. The number of imidazole rings is 2. The Labute approximate surface area is 371 Å². The predicted octanol–water partition coefficient (Wildman–Crippen LogP) is 7.60. The number of amides is 4. The van der Waals surface area contributed by atoms with Crippen LogP contribution in [0.15, 0.2) is 53.8 Å². The molecular formula is C45H50F4N8O8. The number of fused-ring (bicyclic) bond motifs is 3. The van der Waals surface area contributed by atoms with E-state index < -0.39 is 70.9 Å². The van der Waals surface area contributed by atoms with Crippen molar-refractivity contribution in [2.45, 2.75) is 82.7 Å². The molecule has 16 nitrogen and oxygen atoms in total. The summed E-state index contributed by atoms with van der Waals surface area (Å²) in [5.74, 6) is -11.4. The molecule has 0 saturated carbocycles. The van der Waals surface area contributed by atoms with Gasteiger partial charge < -0.3 is 38.7 Å². The first kappa shape index (κ1) is 45.4. The molecule has 2 aromatic carbocycles. The third-order valence-electron chi connectivity index (χ3n) is 12.7. The van der Waals surface area contributed by atoms with E-state index in [0.29, 0.717) is 30.9 Å². The van der Waals surface area contributed by atoms with Gasteiger partial charge in [-0.05, 0) is 42.0 Å². The summed E-state index contributed by atoms with van der Waals surface area (Å²) in [6.07, 6.45) is 2.54. The predicted molar refractivity (Wildman–Crippen MR) is 226 cm³/mol. The molecule has 3 atom stereocenters. The molecule has 5 heterocycles. The summed E-state index contributed by atoms with van der Waals surface area (Å²) in [6.45, 7) is 8.01. The van der Waals surface area contributed by atoms with Gasteiger partial charge in [0.15, 0.2) is 5.79 Å². The van der Waals surface area contributed by atoms with Crippen LogP contribution in [0.25, 0.3) is 33.6 Å². The normalized spacial score (nSPS) is 21.2. The quantitative estimate of drug-likeness (QED) is 0.125. The molecular weight excluding hydrogens is 857 g/mol. The number of carbonyl (C=O) groups excluding carboxylic acids is 4. The van der Waals surface area contributed by atoms with Crippen molar-refractivity contribution in [1.29, 1.82) is 0 Å². The van der Waals surface area contributed by atoms with E-state index in [4.69, 9.17) is 14.2 Å². The van der Waals surface area contributed by atoms with Crippen LogP contribution in [-0.2, 0) is 40.4 Å². The number of nitrogens with zero attached hydrogens (tertiary/aromatic N) is 6. The maximum absolute atomic E-state index is 16.3. The zero-order valence-electron chi connectivity index (χ0n) is 36.9. The van der Waals surface area contributed by atoms with E-state index in [0.717, 1.165) is 19.2 Å². The van der Waals surface area contributed by atoms with Crippen LogP contribution in [0.4, 0.5) is 27.2 Å². The van der Waals surface area contributed by atoms with Crippen LogP contribution in [0.1, 0.15) is 81.8 Å². The number of methoxy groups -OCH3 is 2. The van der Waals surface area contributed by atoms with E-state index >= 15 is 17.6 Å². The minimum atomic E-state index is -4.65. The van der Waals surface area contributed by atoms with E-state index in [9.17, 15) is 19.2 Å². The van der Waals surface area contributed by atoms with Gasteiger partial charge >= 0.3 is 24.0 Å². The van der Waals surface area contributed by atoms with Crippen molar-refractivity contribution < 1.29 is 55.7 Å². The molecule has 4 aromatic rings. The number of aromatic amines is 2. The lowest BCUT2D eigenvalue weighted by Crippen LogP contribution is -2.51. The van der Waals surface area contributed by atoms with Gasteiger partial charge in [0.25, 0.3) is 5.91 Å². The standard InChI is InChI=1S/C45H50F4N8O8/c1-23(2)35(54-41(60)62-6)39(58)57-22-43(64-15-16-65-43)19-34(57)38-51-21-32(53-38)26-11-13-28-27-12-10-25(17-29(27)44(46,47)45(48,49)30(28)18-26)31-20-50-37(52-31)33-9-8-14-56(33)40(59)36(24(3)4)55(5)42(61)63-7/h10-13,17-18,20-21,23-24,33-34,36H,8-9,14-16,19,22H2,1-7H3,(H,50,52)(H,51,53)/b54-35+/t33-,34-,36?/m0/s1. The summed E-state index contributed by atoms with van der Waals surface area (Å²) >= 11 is 0. The molecule has 3 saturated heterocycles. The highest BCUT2D eigenvalue weighted by molar-refractivity contribution is 6.40. The Morgan fingerprint density at radius 1 is 0.831 bits per heavy atom. The molecule has 2 aromatic heterocycles. The van der Waals surface area contributed by atoms with Crippen molar-refractivity contribution in [3.63, 3.8) is 0 Å². The molecule has 8 rings (SSSR count). The lowest BCUT2D eigenvalue weighted by Gasteiger charge is -2.35. The Balaban J connectivity index is 1.07. The number of rotatable bonds is 9. The van der Waals surface area contributed by atoms with Gasteiger partial charge in [-0.15, -0.1) is 0 Å². The number of aliphatic imine (C=N–C) groups is 1. The number of ether oxygens (including phenoxy) is 4. The lowest BCUT2D eigenvalue weighted by molar-refractivity contribution is -0.225. The molecule has 4 aliphatic rings. The third kappa shape index (κ3) is 7.83. The van der Waals surface area contributed by atoms with E-state index in [2.05, 4.69) is 29.7 Å². The highest BCUT2D eigenvalue weighted by atomic mass is 19.3. The molecule has 1 unspecified atom stereocenters. The Bertz CT molecular complexity index is 2550. The first-order valence-electron chi connectivity index (χ1n) is 21.3. The van der Waals surface area contributed by atoms with E-state index in [1.54, 1.807) is 24.8 Å². The number of benzene rings is 2. The smallest absolute Gasteiger partial charge is 0.433 e. The SMILES string of the molecule is COC(=O)/N=C(/C(=O)N1CC2(C[C@H]1c1ncc(-c3ccc4c(c3)C(F)(F)C(F)(F)c3cc(-c5cnc([C@@H]6CCCN6C(=O)C(C(C)C)N(C)C(=O)OC)[nH]5)ccc3-4)[nH]1)OCCO2)C(C)C. The molecule has 3 fully saturated rings. The van der Waals surface area contributed by atoms with Gasteiger partial charge in [-0.25, -0.2) is 19.6 Å². The van der Waals surface area contributed by atoms with Crippen LogP contribution in [0.5, 0.6) is 0 Å². The minimum absolute atomic E-state index is 0.0149. The molecule has 3 aliphatic heterocycles. The van der Waals surface area contributed by atoms with Crippen molar-refractivity contribution in [3.05, 3.63) is 71.6 Å². The summed E-state index contributed by atoms with van der Waals surface area (Å²) in [4.78, 5) is 75.7. The number of hydrogen-bond acceptors (Lipinski definition) is 10. The topological polar surface area (TPSA) is 185 Å². The average molecular weight is 907 g/mol. The Kier molecular flexibility index (Phi) is 11.9. The summed E-state index contributed by atoms with van der Waals surface area (Å²) in [6, 6.07) is 5.77. The molecule has 1 aliphatic carbocycles. The summed E-state index contributed by atoms with van der Waals surface area (Å²) in [5.41, 5.74) is -1.10. The van der Waals surface area contributed by atoms with Gasteiger partial charge in [0.05, 0.1) is 69.8 Å². The number of carbonyl (C=O) groups is 4. The first-order chi connectivity index (χ1) is 30.8. The number of likely N-dealkylation sites (tertiary alicyclic amines) is 2. The first-order valence-corrected chi connectivity index (χ1v) is 21.3. The second kappa shape index (κ2) is 17.0. The number of hydrogen-bond donors (Lipinski definition) is 2.